The molecule has 3 saturated carbocycles. The average Bonchev–Trinajstić information content (AvgIpc) is 3.23. The number of anilines is 1. The molecular formula is C25H23F4N5. The van der Waals surface area contributed by atoms with Gasteiger partial charge in [-0.15, -0.1) is 0 Å². The topological polar surface area (TPSA) is 66.5 Å². The predicted octanol–water partition coefficient (Wildman–Crippen LogP) is 6.57. The molecule has 3 heterocycles. The number of pyridine rings is 1. The SMILES string of the molecule is CC1C2CCC(CC2)C1Nc1nc(-c2c[nH]c3ncc(F)cc23)nc2ccc(C(F)(F)F)cc12. The molecule has 0 amide bonds. The third-order valence-electron chi connectivity index (χ3n) is 7.70. The van der Waals surface area contributed by atoms with E-state index < -0.39 is 17.6 Å². The van der Waals surface area contributed by atoms with Crippen LogP contribution in [0.5, 0.6) is 0 Å². The fourth-order valence-electron chi connectivity index (χ4n) is 5.86. The van der Waals surface area contributed by atoms with Crippen molar-refractivity contribution in [3.8, 4) is 11.4 Å². The van der Waals surface area contributed by atoms with Crippen LogP contribution in [-0.2, 0) is 6.18 Å². The Balaban J connectivity index is 1.52. The number of halogens is 4. The van der Waals surface area contributed by atoms with E-state index in [0.29, 0.717) is 56.9 Å². The summed E-state index contributed by atoms with van der Waals surface area (Å²) in [4.78, 5) is 16.3. The Morgan fingerprint density at radius 1 is 1.00 bits per heavy atom. The molecule has 0 aliphatic heterocycles. The van der Waals surface area contributed by atoms with Gasteiger partial charge in [-0.3, -0.25) is 0 Å². The van der Waals surface area contributed by atoms with Gasteiger partial charge in [0.25, 0.3) is 0 Å². The predicted molar refractivity (Wildman–Crippen MR) is 122 cm³/mol. The molecule has 0 spiro atoms. The van der Waals surface area contributed by atoms with Crippen LogP contribution in [0.25, 0.3) is 33.3 Å². The molecule has 3 fully saturated rings. The Morgan fingerprint density at radius 2 is 1.76 bits per heavy atom. The van der Waals surface area contributed by atoms with E-state index in [0.717, 1.165) is 31.2 Å². The number of H-pyrrole nitrogens is 1. The molecule has 34 heavy (non-hydrogen) atoms. The zero-order chi connectivity index (χ0) is 23.6. The average molecular weight is 469 g/mol. The maximum absolute atomic E-state index is 13.9. The molecule has 3 aliphatic rings. The highest BCUT2D eigenvalue weighted by Crippen LogP contribution is 2.46. The summed E-state index contributed by atoms with van der Waals surface area (Å²) >= 11 is 0. The highest BCUT2D eigenvalue weighted by Gasteiger charge is 2.41. The number of aromatic nitrogens is 4. The second kappa shape index (κ2) is 7.65. The molecule has 1 aromatic carbocycles. The minimum absolute atomic E-state index is 0.134. The molecule has 5 nitrogen and oxygen atoms in total. The fraction of sp³-hybridized carbons (Fsp3) is 0.400. The normalized spacial score (nSPS) is 24.7. The summed E-state index contributed by atoms with van der Waals surface area (Å²) in [5, 5.41) is 4.37. The summed E-state index contributed by atoms with van der Waals surface area (Å²) in [5.41, 5.74) is 0.689. The van der Waals surface area contributed by atoms with Crippen LogP contribution in [0, 0.1) is 23.6 Å². The molecule has 2 unspecified atom stereocenters. The maximum atomic E-state index is 13.9. The van der Waals surface area contributed by atoms with Gasteiger partial charge in [0, 0.05) is 28.6 Å². The number of rotatable bonds is 3. The lowest BCUT2D eigenvalue weighted by Crippen LogP contribution is -2.47. The first-order valence-electron chi connectivity index (χ1n) is 11.6. The first-order chi connectivity index (χ1) is 16.3. The third kappa shape index (κ3) is 3.49. The van der Waals surface area contributed by atoms with Crippen molar-refractivity contribution in [2.75, 3.05) is 5.32 Å². The minimum Gasteiger partial charge on any atom is -0.366 e. The van der Waals surface area contributed by atoms with Crippen molar-refractivity contribution in [1.29, 1.82) is 0 Å². The number of benzene rings is 1. The summed E-state index contributed by atoms with van der Waals surface area (Å²) in [5.74, 6) is 1.68. The zero-order valence-corrected chi connectivity index (χ0v) is 18.5. The van der Waals surface area contributed by atoms with Crippen molar-refractivity contribution in [2.45, 2.75) is 44.8 Å². The lowest BCUT2D eigenvalue weighted by Gasteiger charge is -2.47. The number of alkyl halides is 3. The van der Waals surface area contributed by atoms with Crippen LogP contribution >= 0.6 is 0 Å². The molecule has 9 heteroatoms. The lowest BCUT2D eigenvalue weighted by atomic mass is 9.62. The van der Waals surface area contributed by atoms with E-state index in [2.05, 4.69) is 27.2 Å². The first-order valence-corrected chi connectivity index (χ1v) is 11.6. The van der Waals surface area contributed by atoms with Crippen LogP contribution in [0.15, 0.2) is 36.7 Å². The number of fused-ring (bicyclic) bond motifs is 5. The third-order valence-corrected chi connectivity index (χ3v) is 7.70. The molecule has 2 N–H and O–H groups in total. The van der Waals surface area contributed by atoms with Crippen LogP contribution in [0.2, 0.25) is 0 Å². The molecule has 0 saturated heterocycles. The Bertz CT molecular complexity index is 1390. The van der Waals surface area contributed by atoms with Gasteiger partial charge in [-0.2, -0.15) is 13.2 Å². The molecule has 3 aliphatic carbocycles. The van der Waals surface area contributed by atoms with Crippen molar-refractivity contribution in [3.63, 3.8) is 0 Å². The van der Waals surface area contributed by atoms with E-state index in [4.69, 9.17) is 4.98 Å². The van der Waals surface area contributed by atoms with Crippen LogP contribution in [0.4, 0.5) is 23.4 Å². The minimum atomic E-state index is -4.47. The Kier molecular flexibility index (Phi) is 4.79. The van der Waals surface area contributed by atoms with E-state index in [-0.39, 0.29) is 6.04 Å². The molecule has 4 aromatic rings. The smallest absolute Gasteiger partial charge is 0.366 e. The number of hydrogen-bond acceptors (Lipinski definition) is 4. The van der Waals surface area contributed by atoms with Crippen molar-refractivity contribution < 1.29 is 17.6 Å². The molecule has 3 aromatic heterocycles. The van der Waals surface area contributed by atoms with Gasteiger partial charge in [-0.05, 0) is 67.7 Å². The van der Waals surface area contributed by atoms with Crippen molar-refractivity contribution in [3.05, 3.63) is 48.0 Å². The molecule has 2 atom stereocenters. The summed E-state index contributed by atoms with van der Waals surface area (Å²) in [6.07, 6.45) is 2.93. The lowest BCUT2D eigenvalue weighted by molar-refractivity contribution is -0.137. The Morgan fingerprint density at radius 3 is 2.50 bits per heavy atom. The highest BCUT2D eigenvalue weighted by molar-refractivity contribution is 5.96. The Hall–Kier alpha value is -3.23. The Labute approximate surface area is 193 Å². The molecule has 7 rings (SSSR count). The second-order valence-corrected chi connectivity index (χ2v) is 9.58. The van der Waals surface area contributed by atoms with Crippen LogP contribution in [0.3, 0.4) is 0 Å². The van der Waals surface area contributed by atoms with Crippen molar-refractivity contribution in [2.24, 2.45) is 17.8 Å². The zero-order valence-electron chi connectivity index (χ0n) is 18.5. The maximum Gasteiger partial charge on any atom is 0.416 e. The monoisotopic (exact) mass is 469 g/mol. The van der Waals surface area contributed by atoms with Gasteiger partial charge in [0.15, 0.2) is 5.82 Å². The quantitative estimate of drug-likeness (QED) is 0.333. The number of hydrogen-bond donors (Lipinski definition) is 2. The van der Waals surface area contributed by atoms with Crippen LogP contribution in [-0.4, -0.2) is 26.0 Å². The van der Waals surface area contributed by atoms with Gasteiger partial charge in [0.1, 0.15) is 17.3 Å². The van der Waals surface area contributed by atoms with Crippen molar-refractivity contribution >= 4 is 27.8 Å². The molecule has 176 valence electrons. The summed E-state index contributed by atoms with van der Waals surface area (Å²) in [6.45, 7) is 2.22. The van der Waals surface area contributed by atoms with Gasteiger partial charge >= 0.3 is 6.18 Å². The number of aromatic amines is 1. The van der Waals surface area contributed by atoms with Crippen molar-refractivity contribution in [1.82, 2.24) is 19.9 Å². The molecular weight excluding hydrogens is 446 g/mol. The van der Waals surface area contributed by atoms with Crippen LogP contribution < -0.4 is 5.32 Å². The summed E-state index contributed by atoms with van der Waals surface area (Å²) in [7, 11) is 0. The first kappa shape index (κ1) is 21.3. The van der Waals surface area contributed by atoms with Gasteiger partial charge in [-0.1, -0.05) is 6.92 Å². The number of nitrogens with zero attached hydrogens (tertiary/aromatic N) is 3. The largest absolute Gasteiger partial charge is 0.416 e. The molecule has 0 radical (unpaired) electrons. The highest BCUT2D eigenvalue weighted by atomic mass is 19.4. The van der Waals surface area contributed by atoms with Gasteiger partial charge in [-0.25, -0.2) is 19.3 Å². The standard InChI is InChI=1S/C25H23F4N5/c1-12-13-2-4-14(5-3-13)21(12)33-23-18-8-15(25(27,28)29)6-7-20(18)32-24(34-23)19-11-31-22-17(19)9-16(26)10-30-22/h6-14,21H,2-5H2,1H3,(H,30,31)(H,32,33,34). The van der Waals surface area contributed by atoms with E-state index >= 15 is 0 Å². The van der Waals surface area contributed by atoms with Crippen LogP contribution in [0.1, 0.15) is 38.2 Å². The number of nitrogens with one attached hydrogen (secondary N) is 2. The van der Waals surface area contributed by atoms with E-state index in [1.54, 1.807) is 6.20 Å². The van der Waals surface area contributed by atoms with Gasteiger partial charge < -0.3 is 10.3 Å². The van der Waals surface area contributed by atoms with E-state index in [1.165, 1.54) is 25.0 Å². The van der Waals surface area contributed by atoms with Gasteiger partial charge in [0.05, 0.1) is 17.3 Å². The fourth-order valence-corrected chi connectivity index (χ4v) is 5.86. The summed E-state index contributed by atoms with van der Waals surface area (Å²) < 4.78 is 54.4. The summed E-state index contributed by atoms with van der Waals surface area (Å²) in [6, 6.07) is 5.01. The second-order valence-electron chi connectivity index (χ2n) is 9.58. The van der Waals surface area contributed by atoms with E-state index in [9.17, 15) is 17.6 Å². The van der Waals surface area contributed by atoms with Gasteiger partial charge in [0.2, 0.25) is 0 Å². The molecule has 2 bridgehead atoms. The van der Waals surface area contributed by atoms with E-state index in [1.807, 2.05) is 0 Å².